The second-order valence-electron chi connectivity index (χ2n) is 5.88. The molecule has 11 nitrogen and oxygen atoms in total. The number of benzene rings is 1. The van der Waals surface area contributed by atoms with Crippen molar-refractivity contribution < 1.29 is 24.3 Å². The molecule has 152 valence electrons. The lowest BCUT2D eigenvalue weighted by Gasteiger charge is -2.19. The Labute approximate surface area is 166 Å². The van der Waals surface area contributed by atoms with Crippen LogP contribution < -0.4 is 21.3 Å². The van der Waals surface area contributed by atoms with Crippen LogP contribution in [0.15, 0.2) is 18.2 Å². The van der Waals surface area contributed by atoms with E-state index >= 15 is 0 Å². The number of nitrogens with one attached hydrogen (secondary N) is 3. The average molecular weight is 413 g/mol. The molecule has 0 unspecified atom stereocenters. The Hall–Kier alpha value is -3.34. The van der Waals surface area contributed by atoms with Gasteiger partial charge < -0.3 is 31.3 Å². The molecule has 3 amide bonds. The Bertz CT molecular complexity index is 815. The molecule has 6 N–H and O–H groups in total. The summed E-state index contributed by atoms with van der Waals surface area (Å²) >= 11 is 0. The molecular formula is C16H21ClN6O5. The number of guanidine groups is 1. The first-order valence-corrected chi connectivity index (χ1v) is 7.98. The molecule has 12 heteroatoms. The topological polar surface area (TPSA) is 169 Å². The van der Waals surface area contributed by atoms with E-state index < -0.39 is 17.8 Å². The summed E-state index contributed by atoms with van der Waals surface area (Å²) in [6, 6.07) is 4.57. The Morgan fingerprint density at radius 3 is 2.61 bits per heavy atom. The van der Waals surface area contributed by atoms with Crippen LogP contribution in [0.2, 0.25) is 0 Å². The Morgan fingerprint density at radius 1 is 1.32 bits per heavy atom. The molecule has 0 radical (unpaired) electrons. The van der Waals surface area contributed by atoms with Gasteiger partial charge in [-0.3, -0.25) is 24.6 Å². The standard InChI is InChI=1S/C16H20N6O5.ClH/c1-21-11-3-2-9(20-16(17)18)6-10(11)15(27)22(8-13(21)24)7-12(23)19-5-4-14(25)26;/h2-3,6H,4-5,7-8H2,1H3,(H,19,23)(H,25,26)(H4,17,18,20);1H. The van der Waals surface area contributed by atoms with Gasteiger partial charge in [-0.15, -0.1) is 12.4 Å². The first-order valence-electron chi connectivity index (χ1n) is 7.98. The summed E-state index contributed by atoms with van der Waals surface area (Å²) in [7, 11) is 1.52. The SMILES string of the molecule is CN1C(=O)CN(CC(=O)NCCC(=O)O)C(=O)c2cc(NC(=N)N)ccc21.Cl. The van der Waals surface area contributed by atoms with Crippen LogP contribution in [0.25, 0.3) is 0 Å². The highest BCUT2D eigenvalue weighted by atomic mass is 35.5. The average Bonchev–Trinajstić information content (AvgIpc) is 2.65. The highest BCUT2D eigenvalue weighted by Crippen LogP contribution is 2.27. The van der Waals surface area contributed by atoms with Crippen LogP contribution >= 0.6 is 12.4 Å². The van der Waals surface area contributed by atoms with Crippen molar-refractivity contribution in [2.45, 2.75) is 6.42 Å². The van der Waals surface area contributed by atoms with Crippen molar-refractivity contribution in [1.82, 2.24) is 10.2 Å². The van der Waals surface area contributed by atoms with E-state index in [1.165, 1.54) is 18.0 Å². The number of amides is 3. The number of anilines is 2. The normalized spacial score (nSPS) is 13.2. The maximum atomic E-state index is 12.8. The largest absolute Gasteiger partial charge is 0.481 e. The lowest BCUT2D eigenvalue weighted by atomic mass is 10.1. The number of aliphatic carboxylic acids is 1. The summed E-state index contributed by atoms with van der Waals surface area (Å²) in [5.74, 6) is -2.86. The number of halogens is 1. The summed E-state index contributed by atoms with van der Waals surface area (Å²) in [6.07, 6.45) is -0.246. The molecule has 1 aromatic rings. The molecule has 0 aromatic heterocycles. The van der Waals surface area contributed by atoms with Crippen LogP contribution in [-0.2, 0) is 14.4 Å². The molecular weight excluding hydrogens is 392 g/mol. The number of hydrogen-bond donors (Lipinski definition) is 5. The summed E-state index contributed by atoms with van der Waals surface area (Å²) in [6.45, 7) is -0.763. The van der Waals surface area contributed by atoms with Gasteiger partial charge in [-0.2, -0.15) is 0 Å². The van der Waals surface area contributed by atoms with E-state index in [1.54, 1.807) is 12.1 Å². The smallest absolute Gasteiger partial charge is 0.305 e. The Balaban J connectivity index is 0.00000392. The van der Waals surface area contributed by atoms with E-state index in [-0.39, 0.29) is 55.9 Å². The minimum Gasteiger partial charge on any atom is -0.481 e. The third-order valence-corrected chi connectivity index (χ3v) is 3.85. The number of carbonyl (C=O) groups excluding carboxylic acids is 3. The molecule has 2 rings (SSSR count). The number of fused-ring (bicyclic) bond motifs is 1. The molecule has 1 aliphatic heterocycles. The van der Waals surface area contributed by atoms with Crippen LogP contribution in [0.1, 0.15) is 16.8 Å². The monoisotopic (exact) mass is 412 g/mol. The van der Waals surface area contributed by atoms with E-state index in [9.17, 15) is 19.2 Å². The molecule has 1 heterocycles. The molecule has 0 atom stereocenters. The fourth-order valence-electron chi connectivity index (χ4n) is 2.54. The number of carboxylic acid groups (broad SMARTS) is 1. The van der Waals surface area contributed by atoms with Crippen LogP contribution in [-0.4, -0.2) is 66.3 Å². The first kappa shape index (κ1) is 22.7. The molecule has 1 aliphatic rings. The van der Waals surface area contributed by atoms with E-state index in [1.807, 2.05) is 0 Å². The minimum absolute atomic E-state index is 0. The van der Waals surface area contributed by atoms with Crippen molar-refractivity contribution in [3.8, 4) is 0 Å². The van der Waals surface area contributed by atoms with Gasteiger partial charge >= 0.3 is 5.97 Å². The van der Waals surface area contributed by atoms with Crippen molar-refractivity contribution in [2.75, 3.05) is 36.9 Å². The molecule has 0 saturated heterocycles. The Kier molecular flexibility index (Phi) is 7.75. The summed E-state index contributed by atoms with van der Waals surface area (Å²) in [5, 5.41) is 20.8. The fraction of sp³-hybridized carbons (Fsp3) is 0.312. The first-order chi connectivity index (χ1) is 12.7. The second-order valence-corrected chi connectivity index (χ2v) is 5.88. The molecule has 0 spiro atoms. The van der Waals surface area contributed by atoms with Crippen molar-refractivity contribution in [3.63, 3.8) is 0 Å². The van der Waals surface area contributed by atoms with Gasteiger partial charge in [0, 0.05) is 19.3 Å². The number of likely N-dealkylation sites (N-methyl/N-ethyl adjacent to an activating group) is 1. The van der Waals surface area contributed by atoms with Crippen molar-refractivity contribution in [1.29, 1.82) is 5.41 Å². The second kappa shape index (κ2) is 9.55. The predicted octanol–water partition coefficient (Wildman–Crippen LogP) is -0.577. The fourth-order valence-corrected chi connectivity index (χ4v) is 2.54. The maximum Gasteiger partial charge on any atom is 0.305 e. The van der Waals surface area contributed by atoms with Gasteiger partial charge in [-0.05, 0) is 18.2 Å². The summed E-state index contributed by atoms with van der Waals surface area (Å²) in [4.78, 5) is 50.1. The lowest BCUT2D eigenvalue weighted by Crippen LogP contribution is -2.44. The molecule has 0 fully saturated rings. The molecule has 0 saturated carbocycles. The molecule has 28 heavy (non-hydrogen) atoms. The number of nitrogens with two attached hydrogens (primary N) is 1. The zero-order chi connectivity index (χ0) is 20.1. The number of carbonyl (C=O) groups is 4. The van der Waals surface area contributed by atoms with Gasteiger partial charge in [-0.1, -0.05) is 0 Å². The van der Waals surface area contributed by atoms with E-state index in [2.05, 4.69) is 10.6 Å². The van der Waals surface area contributed by atoms with Crippen molar-refractivity contribution in [2.24, 2.45) is 5.73 Å². The molecule has 1 aromatic carbocycles. The van der Waals surface area contributed by atoms with E-state index in [0.29, 0.717) is 11.4 Å². The number of nitrogens with zero attached hydrogens (tertiary/aromatic N) is 2. The van der Waals surface area contributed by atoms with Gasteiger partial charge in [0.05, 0.1) is 17.7 Å². The van der Waals surface area contributed by atoms with Crippen LogP contribution in [0.5, 0.6) is 0 Å². The molecule has 0 bridgehead atoms. The minimum atomic E-state index is -1.06. The van der Waals surface area contributed by atoms with Gasteiger partial charge in [0.15, 0.2) is 5.96 Å². The highest BCUT2D eigenvalue weighted by molar-refractivity contribution is 6.11. The quantitative estimate of drug-likeness (QED) is 0.307. The zero-order valence-corrected chi connectivity index (χ0v) is 15.8. The van der Waals surface area contributed by atoms with Crippen LogP contribution in [0, 0.1) is 5.41 Å². The number of carboxylic acids is 1. The third-order valence-electron chi connectivity index (χ3n) is 3.85. The number of hydrogen-bond acceptors (Lipinski definition) is 5. The summed E-state index contributed by atoms with van der Waals surface area (Å²) in [5.41, 5.74) is 6.23. The van der Waals surface area contributed by atoms with Gasteiger partial charge in [-0.25, -0.2) is 0 Å². The van der Waals surface area contributed by atoms with E-state index in [4.69, 9.17) is 16.2 Å². The highest BCUT2D eigenvalue weighted by Gasteiger charge is 2.31. The van der Waals surface area contributed by atoms with Crippen LogP contribution in [0.4, 0.5) is 11.4 Å². The van der Waals surface area contributed by atoms with Crippen molar-refractivity contribution in [3.05, 3.63) is 23.8 Å². The third kappa shape index (κ3) is 5.58. The number of rotatable bonds is 6. The lowest BCUT2D eigenvalue weighted by molar-refractivity contribution is -0.137. The zero-order valence-electron chi connectivity index (χ0n) is 15.0. The van der Waals surface area contributed by atoms with Gasteiger partial charge in [0.25, 0.3) is 5.91 Å². The van der Waals surface area contributed by atoms with Gasteiger partial charge in [0.2, 0.25) is 11.8 Å². The predicted molar refractivity (Wildman–Crippen MR) is 104 cm³/mol. The van der Waals surface area contributed by atoms with E-state index in [0.717, 1.165) is 4.90 Å². The molecule has 0 aliphatic carbocycles. The maximum absolute atomic E-state index is 12.8. The summed E-state index contributed by atoms with van der Waals surface area (Å²) < 4.78 is 0. The van der Waals surface area contributed by atoms with Crippen molar-refractivity contribution >= 4 is 53.4 Å². The van der Waals surface area contributed by atoms with Crippen LogP contribution in [0.3, 0.4) is 0 Å². The Morgan fingerprint density at radius 2 is 2.00 bits per heavy atom. The van der Waals surface area contributed by atoms with Gasteiger partial charge in [0.1, 0.15) is 13.1 Å².